The van der Waals surface area contributed by atoms with Crippen molar-refractivity contribution in [2.45, 2.75) is 6.36 Å². The minimum Gasteiger partial charge on any atom is -0.388 e. The topological polar surface area (TPSA) is 89.0 Å². The number of aromatic nitrogens is 1. The van der Waals surface area contributed by atoms with Gasteiger partial charge >= 0.3 is 6.36 Å². The Bertz CT molecular complexity index is 512. The van der Waals surface area contributed by atoms with E-state index in [9.17, 15) is 23.3 Å². The molecule has 1 rings (SSSR count). The van der Waals surface area contributed by atoms with Crippen LogP contribution in [0.15, 0.2) is 10.5 Å². The summed E-state index contributed by atoms with van der Waals surface area (Å²) in [5.74, 6) is -1.07. The molecule has 0 fully saturated rings. The highest BCUT2D eigenvalue weighted by Crippen LogP contribution is 2.32. The lowest BCUT2D eigenvalue weighted by atomic mass is 10.3. The van der Waals surface area contributed by atoms with Crippen LogP contribution in [0.3, 0.4) is 0 Å². The molecule has 10 heteroatoms. The molecule has 0 bridgehead atoms. The summed E-state index contributed by atoms with van der Waals surface area (Å²) in [7, 11) is 0. The third-order valence-corrected chi connectivity index (χ3v) is 2.22. The standard InChI is InChI=1S/C7HBrF3N3O3/c8-6-3(2-12)13-5(17-7(9,10)11)1-4(6)14(15)16/h1H. The minimum absolute atomic E-state index is 0.306. The van der Waals surface area contributed by atoms with E-state index in [1.54, 1.807) is 0 Å². The molecule has 0 atom stereocenters. The molecular formula is C7HBrF3N3O3. The quantitative estimate of drug-likeness (QED) is 0.618. The van der Waals surface area contributed by atoms with Gasteiger partial charge in [-0.25, -0.2) is 4.98 Å². The van der Waals surface area contributed by atoms with Crippen molar-refractivity contribution in [1.82, 2.24) is 4.98 Å². The maximum absolute atomic E-state index is 11.9. The number of hydrogen-bond acceptors (Lipinski definition) is 5. The van der Waals surface area contributed by atoms with E-state index in [0.29, 0.717) is 6.07 Å². The molecule has 0 aliphatic heterocycles. The SMILES string of the molecule is N#Cc1nc(OC(F)(F)F)cc([N+](=O)[O-])c1Br. The molecule has 0 radical (unpaired) electrons. The lowest BCUT2D eigenvalue weighted by molar-refractivity contribution is -0.386. The monoisotopic (exact) mass is 311 g/mol. The first-order chi connectivity index (χ1) is 7.74. The van der Waals surface area contributed by atoms with E-state index in [4.69, 9.17) is 5.26 Å². The second kappa shape index (κ2) is 4.54. The molecular weight excluding hydrogens is 311 g/mol. The van der Waals surface area contributed by atoms with Gasteiger partial charge in [-0.15, -0.1) is 13.2 Å². The zero-order chi connectivity index (χ0) is 13.2. The van der Waals surface area contributed by atoms with Crippen molar-refractivity contribution in [2.24, 2.45) is 0 Å². The maximum atomic E-state index is 11.9. The van der Waals surface area contributed by atoms with E-state index < -0.39 is 28.5 Å². The second-order valence-corrected chi connectivity index (χ2v) is 3.35. The second-order valence-electron chi connectivity index (χ2n) is 2.56. The fourth-order valence-electron chi connectivity index (χ4n) is 0.871. The normalized spacial score (nSPS) is 10.8. The van der Waals surface area contributed by atoms with Gasteiger partial charge in [-0.05, 0) is 15.9 Å². The minimum atomic E-state index is -5.04. The Kier molecular flexibility index (Phi) is 3.52. The molecule has 0 spiro atoms. The van der Waals surface area contributed by atoms with Crippen molar-refractivity contribution in [3.8, 4) is 11.9 Å². The van der Waals surface area contributed by atoms with E-state index >= 15 is 0 Å². The predicted octanol–water partition coefficient (Wildman–Crippen LogP) is 2.52. The molecule has 0 amide bonds. The average Bonchev–Trinajstić information content (AvgIpc) is 2.17. The molecule has 1 aromatic heterocycles. The molecule has 0 saturated heterocycles. The number of nitrogens with zero attached hydrogens (tertiary/aromatic N) is 3. The molecule has 1 aromatic rings. The van der Waals surface area contributed by atoms with Gasteiger partial charge in [0.05, 0.1) is 11.0 Å². The summed E-state index contributed by atoms with van der Waals surface area (Å²) in [5.41, 5.74) is -1.31. The summed E-state index contributed by atoms with van der Waals surface area (Å²) in [6.07, 6.45) is -5.04. The average molecular weight is 312 g/mol. The Labute approximate surface area is 99.9 Å². The lowest BCUT2D eigenvalue weighted by Crippen LogP contribution is -2.18. The van der Waals surface area contributed by atoms with Crippen LogP contribution in [0.2, 0.25) is 0 Å². The molecule has 90 valence electrons. The molecule has 17 heavy (non-hydrogen) atoms. The van der Waals surface area contributed by atoms with Crippen LogP contribution in [0.5, 0.6) is 5.88 Å². The van der Waals surface area contributed by atoms with Crippen LogP contribution in [0.4, 0.5) is 18.9 Å². The first kappa shape index (κ1) is 13.2. The zero-order valence-electron chi connectivity index (χ0n) is 7.66. The number of hydrogen-bond donors (Lipinski definition) is 0. The predicted molar refractivity (Wildman–Crippen MR) is 50.0 cm³/mol. The van der Waals surface area contributed by atoms with Crippen LogP contribution in [-0.4, -0.2) is 16.3 Å². The van der Waals surface area contributed by atoms with Crippen molar-refractivity contribution < 1.29 is 22.8 Å². The summed E-state index contributed by atoms with van der Waals surface area (Å²) in [6, 6.07) is 1.88. The Balaban J connectivity index is 3.32. The smallest absolute Gasteiger partial charge is 0.388 e. The van der Waals surface area contributed by atoms with Crippen LogP contribution in [0.25, 0.3) is 0 Å². The van der Waals surface area contributed by atoms with E-state index in [-0.39, 0.29) is 4.47 Å². The molecule has 1 heterocycles. The van der Waals surface area contributed by atoms with Crippen molar-refractivity contribution in [1.29, 1.82) is 5.26 Å². The number of ether oxygens (including phenoxy) is 1. The molecule has 6 nitrogen and oxygen atoms in total. The van der Waals surface area contributed by atoms with E-state index in [0.717, 1.165) is 0 Å². The van der Waals surface area contributed by atoms with Gasteiger partial charge in [-0.3, -0.25) is 10.1 Å². The van der Waals surface area contributed by atoms with Gasteiger partial charge in [0.1, 0.15) is 10.5 Å². The van der Waals surface area contributed by atoms with Crippen LogP contribution in [0.1, 0.15) is 5.69 Å². The van der Waals surface area contributed by atoms with E-state index in [1.807, 2.05) is 0 Å². The van der Waals surface area contributed by atoms with Crippen LogP contribution >= 0.6 is 15.9 Å². The third-order valence-electron chi connectivity index (χ3n) is 1.44. The maximum Gasteiger partial charge on any atom is 0.574 e. The Morgan fingerprint density at radius 1 is 1.59 bits per heavy atom. The molecule has 0 N–H and O–H groups in total. The Morgan fingerprint density at radius 3 is 2.59 bits per heavy atom. The summed E-state index contributed by atoms with van der Waals surface area (Å²) in [6.45, 7) is 0. The first-order valence-electron chi connectivity index (χ1n) is 3.75. The highest BCUT2D eigenvalue weighted by molar-refractivity contribution is 9.10. The molecule has 0 unspecified atom stereocenters. The zero-order valence-corrected chi connectivity index (χ0v) is 9.24. The van der Waals surface area contributed by atoms with Crippen LogP contribution in [0, 0.1) is 21.4 Å². The first-order valence-corrected chi connectivity index (χ1v) is 4.54. The molecule has 0 saturated carbocycles. The molecule has 0 aliphatic rings. The van der Waals surface area contributed by atoms with Gasteiger partial charge in [-0.2, -0.15) is 5.26 Å². The van der Waals surface area contributed by atoms with E-state index in [2.05, 4.69) is 25.7 Å². The largest absolute Gasteiger partial charge is 0.574 e. The van der Waals surface area contributed by atoms with Gasteiger partial charge < -0.3 is 4.74 Å². The number of pyridine rings is 1. The van der Waals surface area contributed by atoms with Crippen LogP contribution < -0.4 is 4.74 Å². The summed E-state index contributed by atoms with van der Waals surface area (Å²) < 4.78 is 38.7. The third kappa shape index (κ3) is 3.28. The van der Waals surface area contributed by atoms with Gasteiger partial charge in [-0.1, -0.05) is 0 Å². The van der Waals surface area contributed by atoms with Gasteiger partial charge in [0.2, 0.25) is 5.88 Å². The lowest BCUT2D eigenvalue weighted by Gasteiger charge is -2.08. The number of alkyl halides is 3. The number of halogens is 4. The fraction of sp³-hybridized carbons (Fsp3) is 0.143. The number of nitriles is 1. The molecule has 0 aromatic carbocycles. The fourth-order valence-corrected chi connectivity index (χ4v) is 1.31. The van der Waals surface area contributed by atoms with Crippen molar-refractivity contribution >= 4 is 21.6 Å². The van der Waals surface area contributed by atoms with Crippen molar-refractivity contribution in [3.63, 3.8) is 0 Å². The Hall–Kier alpha value is -1.89. The van der Waals surface area contributed by atoms with Crippen molar-refractivity contribution in [2.75, 3.05) is 0 Å². The molecule has 0 aliphatic carbocycles. The highest BCUT2D eigenvalue weighted by atomic mass is 79.9. The highest BCUT2D eigenvalue weighted by Gasteiger charge is 2.33. The van der Waals surface area contributed by atoms with Gasteiger partial charge in [0.25, 0.3) is 5.69 Å². The number of nitro groups is 1. The Morgan fingerprint density at radius 2 is 2.18 bits per heavy atom. The van der Waals surface area contributed by atoms with Crippen LogP contribution in [-0.2, 0) is 0 Å². The summed E-state index contributed by atoms with van der Waals surface area (Å²) >= 11 is 2.69. The van der Waals surface area contributed by atoms with Crippen molar-refractivity contribution in [3.05, 3.63) is 26.3 Å². The van der Waals surface area contributed by atoms with Gasteiger partial charge in [0, 0.05) is 0 Å². The van der Waals surface area contributed by atoms with E-state index in [1.165, 1.54) is 6.07 Å². The van der Waals surface area contributed by atoms with Gasteiger partial charge in [0.15, 0.2) is 5.69 Å². The number of rotatable bonds is 2. The summed E-state index contributed by atoms with van der Waals surface area (Å²) in [4.78, 5) is 12.7. The summed E-state index contributed by atoms with van der Waals surface area (Å²) in [5, 5.41) is 19.1.